The lowest BCUT2D eigenvalue weighted by Gasteiger charge is -2.11. The third-order valence-electron chi connectivity index (χ3n) is 3.15. The van der Waals surface area contributed by atoms with E-state index in [1.807, 2.05) is 30.3 Å². The zero-order chi connectivity index (χ0) is 16.7. The molecule has 1 heterocycles. The van der Waals surface area contributed by atoms with Crippen LogP contribution < -0.4 is 10.9 Å². The fourth-order valence-corrected chi connectivity index (χ4v) is 2.22. The first-order valence-electron chi connectivity index (χ1n) is 7.74. The minimum absolute atomic E-state index is 0.145. The predicted octanol–water partition coefficient (Wildman–Crippen LogP) is 3.36. The Morgan fingerprint density at radius 1 is 1.30 bits per heavy atom. The Hall–Kier alpha value is -1.85. The second kappa shape index (κ2) is 8.70. The first-order valence-corrected chi connectivity index (χ1v) is 8.12. The summed E-state index contributed by atoms with van der Waals surface area (Å²) in [7, 11) is 0. The summed E-state index contributed by atoms with van der Waals surface area (Å²) in [6.45, 7) is 6.35. The van der Waals surface area contributed by atoms with Crippen LogP contribution in [0.3, 0.4) is 0 Å². The van der Waals surface area contributed by atoms with Crippen molar-refractivity contribution >= 4 is 17.3 Å². The van der Waals surface area contributed by atoms with Crippen molar-refractivity contribution in [2.45, 2.75) is 20.3 Å². The van der Waals surface area contributed by atoms with Gasteiger partial charge in [0.2, 0.25) is 0 Å². The van der Waals surface area contributed by atoms with Crippen LogP contribution in [-0.2, 0) is 4.74 Å². The summed E-state index contributed by atoms with van der Waals surface area (Å²) in [5.41, 5.74) is 0.902. The van der Waals surface area contributed by atoms with Gasteiger partial charge in [0.05, 0.1) is 17.6 Å². The van der Waals surface area contributed by atoms with Gasteiger partial charge in [-0.2, -0.15) is 9.78 Å². The van der Waals surface area contributed by atoms with E-state index in [4.69, 9.17) is 16.3 Å². The van der Waals surface area contributed by atoms with Crippen molar-refractivity contribution in [3.05, 3.63) is 51.9 Å². The molecule has 0 unspecified atom stereocenters. The van der Waals surface area contributed by atoms with Gasteiger partial charge in [-0.3, -0.25) is 4.79 Å². The van der Waals surface area contributed by atoms with Gasteiger partial charge >= 0.3 is 0 Å². The van der Waals surface area contributed by atoms with Crippen molar-refractivity contribution in [3.8, 4) is 5.69 Å². The molecular weight excluding hydrogens is 314 g/mol. The molecular formula is C17H22ClN3O2. The van der Waals surface area contributed by atoms with Gasteiger partial charge < -0.3 is 10.1 Å². The molecule has 0 amide bonds. The summed E-state index contributed by atoms with van der Waals surface area (Å²) in [6, 6.07) is 9.20. The molecule has 2 aromatic rings. The number of ether oxygens (including phenoxy) is 1. The summed E-state index contributed by atoms with van der Waals surface area (Å²) in [6.07, 6.45) is 2.41. The third kappa shape index (κ3) is 5.08. The van der Waals surface area contributed by atoms with Gasteiger partial charge in [-0.05, 0) is 24.5 Å². The summed E-state index contributed by atoms with van der Waals surface area (Å²) in [5.74, 6) is 0.534. The first-order chi connectivity index (χ1) is 11.1. The molecule has 124 valence electrons. The van der Waals surface area contributed by atoms with E-state index < -0.39 is 0 Å². The maximum absolute atomic E-state index is 12.3. The molecule has 1 N–H and O–H groups in total. The summed E-state index contributed by atoms with van der Waals surface area (Å²) in [5, 5.41) is 7.45. The fourth-order valence-electron chi connectivity index (χ4n) is 2.03. The molecule has 0 atom stereocenters. The number of benzene rings is 1. The topological polar surface area (TPSA) is 56.1 Å². The van der Waals surface area contributed by atoms with Gasteiger partial charge in [-0.1, -0.05) is 43.6 Å². The number of nitrogens with one attached hydrogen (secondary N) is 1. The molecule has 5 nitrogen and oxygen atoms in total. The quantitative estimate of drug-likeness (QED) is 0.751. The third-order valence-corrected chi connectivity index (χ3v) is 3.52. The Balaban J connectivity index is 1.94. The molecule has 0 fully saturated rings. The average molecular weight is 336 g/mol. The highest BCUT2D eigenvalue weighted by Crippen LogP contribution is 2.16. The molecule has 0 bridgehead atoms. The molecule has 23 heavy (non-hydrogen) atoms. The molecule has 0 radical (unpaired) electrons. The minimum Gasteiger partial charge on any atom is -0.382 e. The highest BCUT2D eigenvalue weighted by molar-refractivity contribution is 6.32. The van der Waals surface area contributed by atoms with E-state index in [1.165, 1.54) is 4.68 Å². The second-order valence-corrected chi connectivity index (χ2v) is 6.05. The molecule has 0 aliphatic carbocycles. The first kappa shape index (κ1) is 17.5. The van der Waals surface area contributed by atoms with Crippen LogP contribution in [0.15, 0.2) is 41.3 Å². The number of hydrogen-bond donors (Lipinski definition) is 1. The van der Waals surface area contributed by atoms with E-state index >= 15 is 0 Å². The van der Waals surface area contributed by atoms with Crippen molar-refractivity contribution in [1.82, 2.24) is 9.78 Å². The van der Waals surface area contributed by atoms with Gasteiger partial charge in [0.15, 0.2) is 0 Å². The van der Waals surface area contributed by atoms with Gasteiger partial charge in [-0.25, -0.2) is 0 Å². The van der Waals surface area contributed by atoms with E-state index in [9.17, 15) is 4.79 Å². The SMILES string of the molecule is CC(C)COCCCNc1cnn(-c2ccccc2)c(=O)c1Cl. The van der Waals surface area contributed by atoms with Crippen LogP contribution >= 0.6 is 11.6 Å². The maximum Gasteiger partial charge on any atom is 0.292 e. The number of nitrogens with zero attached hydrogens (tertiary/aromatic N) is 2. The maximum atomic E-state index is 12.3. The fraction of sp³-hybridized carbons (Fsp3) is 0.412. The van der Waals surface area contributed by atoms with E-state index in [-0.39, 0.29) is 10.6 Å². The van der Waals surface area contributed by atoms with E-state index in [2.05, 4.69) is 24.3 Å². The van der Waals surface area contributed by atoms with Crippen LogP contribution in [0, 0.1) is 5.92 Å². The van der Waals surface area contributed by atoms with Gasteiger partial charge in [-0.15, -0.1) is 0 Å². The lowest BCUT2D eigenvalue weighted by Crippen LogP contribution is -2.23. The number of anilines is 1. The van der Waals surface area contributed by atoms with E-state index in [1.54, 1.807) is 6.20 Å². The van der Waals surface area contributed by atoms with E-state index in [0.29, 0.717) is 30.4 Å². The van der Waals surface area contributed by atoms with Crippen LogP contribution in [0.4, 0.5) is 5.69 Å². The Labute approximate surface area is 141 Å². The Morgan fingerprint density at radius 3 is 2.74 bits per heavy atom. The monoisotopic (exact) mass is 335 g/mol. The molecule has 0 saturated heterocycles. The Morgan fingerprint density at radius 2 is 2.04 bits per heavy atom. The second-order valence-electron chi connectivity index (χ2n) is 5.67. The molecule has 1 aromatic heterocycles. The summed E-state index contributed by atoms with van der Waals surface area (Å²) < 4.78 is 6.80. The molecule has 0 aliphatic heterocycles. The minimum atomic E-state index is -0.334. The van der Waals surface area contributed by atoms with Crippen LogP contribution in [0.5, 0.6) is 0 Å². The van der Waals surface area contributed by atoms with Crippen LogP contribution in [-0.4, -0.2) is 29.5 Å². The average Bonchev–Trinajstić information content (AvgIpc) is 2.55. The zero-order valence-electron chi connectivity index (χ0n) is 13.5. The molecule has 0 spiro atoms. The molecule has 2 rings (SSSR count). The van der Waals surface area contributed by atoms with Gasteiger partial charge in [0, 0.05) is 19.8 Å². The van der Waals surface area contributed by atoms with Crippen molar-refractivity contribution in [3.63, 3.8) is 0 Å². The number of hydrogen-bond acceptors (Lipinski definition) is 4. The lowest BCUT2D eigenvalue weighted by atomic mass is 10.2. The highest BCUT2D eigenvalue weighted by atomic mass is 35.5. The number of para-hydroxylation sites is 1. The molecule has 0 aliphatic rings. The van der Waals surface area contributed by atoms with Crippen LogP contribution in [0.1, 0.15) is 20.3 Å². The summed E-state index contributed by atoms with van der Waals surface area (Å²) in [4.78, 5) is 12.3. The summed E-state index contributed by atoms with van der Waals surface area (Å²) >= 11 is 6.16. The van der Waals surface area contributed by atoms with Crippen molar-refractivity contribution in [1.29, 1.82) is 0 Å². The number of rotatable bonds is 8. The van der Waals surface area contributed by atoms with Gasteiger partial charge in [0.25, 0.3) is 5.56 Å². The van der Waals surface area contributed by atoms with Crippen molar-refractivity contribution in [2.24, 2.45) is 5.92 Å². The molecule has 1 aromatic carbocycles. The smallest absolute Gasteiger partial charge is 0.292 e. The Bertz CT molecular complexity index is 671. The highest BCUT2D eigenvalue weighted by Gasteiger charge is 2.10. The normalized spacial score (nSPS) is 11.0. The molecule has 0 saturated carbocycles. The van der Waals surface area contributed by atoms with Crippen LogP contribution in [0.25, 0.3) is 5.69 Å². The van der Waals surface area contributed by atoms with Crippen molar-refractivity contribution in [2.75, 3.05) is 25.1 Å². The standard InChI is InChI=1S/C17H22ClN3O2/c1-13(2)12-23-10-6-9-19-15-11-20-21(17(22)16(15)18)14-7-4-3-5-8-14/h3-5,7-8,11,13,19H,6,9-10,12H2,1-2H3. The number of aromatic nitrogens is 2. The molecule has 6 heteroatoms. The van der Waals surface area contributed by atoms with Gasteiger partial charge in [0.1, 0.15) is 5.02 Å². The van der Waals surface area contributed by atoms with E-state index in [0.717, 1.165) is 13.0 Å². The number of halogens is 1. The lowest BCUT2D eigenvalue weighted by molar-refractivity contribution is 0.110. The van der Waals surface area contributed by atoms with Crippen molar-refractivity contribution < 1.29 is 4.74 Å². The largest absolute Gasteiger partial charge is 0.382 e. The predicted molar refractivity (Wildman–Crippen MR) is 93.6 cm³/mol. The zero-order valence-corrected chi connectivity index (χ0v) is 14.2. The van der Waals surface area contributed by atoms with Crippen LogP contribution in [0.2, 0.25) is 5.02 Å². The Kier molecular flexibility index (Phi) is 6.62.